The second kappa shape index (κ2) is 12.0. The number of rotatable bonds is 6. The first-order valence-corrected chi connectivity index (χ1v) is 12.9. The van der Waals surface area contributed by atoms with Gasteiger partial charge in [0.15, 0.2) is 0 Å². The van der Waals surface area contributed by atoms with E-state index in [1.54, 1.807) is 0 Å². The lowest BCUT2D eigenvalue weighted by atomic mass is 9.93. The van der Waals surface area contributed by atoms with E-state index in [2.05, 4.69) is 142 Å². The molecule has 2 nitrogen and oxygen atoms in total. The first-order valence-electron chi connectivity index (χ1n) is 11.0. The minimum absolute atomic E-state index is 0.872. The summed E-state index contributed by atoms with van der Waals surface area (Å²) in [7, 11) is 8.28. The van der Waals surface area contributed by atoms with Crippen LogP contribution in [-0.4, -0.2) is 43.4 Å². The Morgan fingerprint density at radius 1 is 0.909 bits per heavy atom. The zero-order valence-electron chi connectivity index (χ0n) is 19.6. The predicted octanol–water partition coefficient (Wildman–Crippen LogP) is 8.03. The lowest BCUT2D eigenvalue weighted by Gasteiger charge is -2.19. The van der Waals surface area contributed by atoms with E-state index in [4.69, 9.17) is 11.6 Å². The molecule has 0 heterocycles. The molecule has 1 aliphatic rings. The Balaban J connectivity index is 1.91. The van der Waals surface area contributed by atoms with Gasteiger partial charge >= 0.3 is 0 Å². The van der Waals surface area contributed by atoms with Gasteiger partial charge in [0.2, 0.25) is 5.71 Å². The van der Waals surface area contributed by atoms with Crippen molar-refractivity contribution in [1.82, 2.24) is 4.90 Å². The van der Waals surface area contributed by atoms with E-state index in [9.17, 15) is 0 Å². The Kier molecular flexibility index (Phi) is 9.37. The molecule has 0 atom stereocenters. The molecule has 0 unspecified atom stereocenters. The van der Waals surface area contributed by atoms with Gasteiger partial charge in [0.05, 0.1) is 0 Å². The Morgan fingerprint density at radius 3 is 2.03 bits per heavy atom. The van der Waals surface area contributed by atoms with Crippen LogP contribution >= 0.6 is 43.5 Å². The molecule has 3 rings (SSSR count). The van der Waals surface area contributed by atoms with E-state index in [-0.39, 0.29) is 0 Å². The maximum Gasteiger partial charge on any atom is 0.206 e. The monoisotopic (exact) mass is 587 g/mol. The first kappa shape index (κ1) is 25.7. The summed E-state index contributed by atoms with van der Waals surface area (Å²) in [5.74, 6) is 0. The molecular weight excluding hydrogens is 560 g/mol. The molecular formula is C28H30Br2ClN2+. The molecule has 33 heavy (non-hydrogen) atoms. The van der Waals surface area contributed by atoms with Gasteiger partial charge in [0.1, 0.15) is 14.1 Å². The quantitative estimate of drug-likeness (QED) is 0.244. The van der Waals surface area contributed by atoms with Gasteiger partial charge in [-0.15, -0.1) is 0 Å². The molecule has 5 heteroatoms. The van der Waals surface area contributed by atoms with E-state index in [0.29, 0.717) is 0 Å². The maximum absolute atomic E-state index is 6.89. The summed E-state index contributed by atoms with van der Waals surface area (Å²) >= 11 is 13.9. The van der Waals surface area contributed by atoms with E-state index in [1.807, 2.05) is 0 Å². The standard InChI is InChI=1S/C28H30Br2ClN2/c1-32(2)26(20-8-14-24(29)15-9-20)18-12-22-6-5-7-23(28(22)31)13-19-27(33(3)4)21-10-16-25(30)17-11-21/h8-19H,5-7H2,1-4H3/q+1. The summed E-state index contributed by atoms with van der Waals surface area (Å²) in [6, 6.07) is 16.8. The largest absolute Gasteiger partial charge is 0.377 e. The Morgan fingerprint density at radius 2 is 1.48 bits per heavy atom. The summed E-state index contributed by atoms with van der Waals surface area (Å²) in [4.78, 5) is 2.14. The summed E-state index contributed by atoms with van der Waals surface area (Å²) < 4.78 is 4.29. The molecule has 2 aromatic rings. The third kappa shape index (κ3) is 7.05. The molecule has 0 amide bonds. The van der Waals surface area contributed by atoms with Crippen molar-refractivity contribution in [2.24, 2.45) is 0 Å². The Bertz CT molecular complexity index is 1130. The van der Waals surface area contributed by atoms with Crippen molar-refractivity contribution in [2.45, 2.75) is 19.3 Å². The molecule has 1 aliphatic carbocycles. The van der Waals surface area contributed by atoms with Gasteiger partial charge in [-0.25, -0.2) is 4.58 Å². The highest BCUT2D eigenvalue weighted by Crippen LogP contribution is 2.34. The molecule has 0 radical (unpaired) electrons. The maximum atomic E-state index is 6.89. The van der Waals surface area contributed by atoms with Gasteiger partial charge in [-0.2, -0.15) is 0 Å². The fraction of sp³-hybridized carbons (Fsp3) is 0.250. The highest BCUT2D eigenvalue weighted by Gasteiger charge is 2.15. The average Bonchev–Trinajstić information content (AvgIpc) is 2.78. The second-order valence-electron chi connectivity index (χ2n) is 8.46. The normalized spacial score (nSPS) is 16.0. The minimum Gasteiger partial charge on any atom is -0.377 e. The number of allylic oxidation sites excluding steroid dienone is 7. The molecule has 0 fully saturated rings. The molecule has 172 valence electrons. The van der Waals surface area contributed by atoms with Crippen molar-refractivity contribution in [3.63, 3.8) is 0 Å². The lowest BCUT2D eigenvalue weighted by Crippen LogP contribution is -2.12. The van der Waals surface area contributed by atoms with Crippen LogP contribution in [0.5, 0.6) is 0 Å². The molecule has 0 spiro atoms. The van der Waals surface area contributed by atoms with Crippen molar-refractivity contribution in [1.29, 1.82) is 0 Å². The lowest BCUT2D eigenvalue weighted by molar-refractivity contribution is -0.463. The van der Waals surface area contributed by atoms with Crippen molar-refractivity contribution < 1.29 is 4.58 Å². The average molecular weight is 590 g/mol. The van der Waals surface area contributed by atoms with E-state index in [0.717, 1.165) is 44.6 Å². The van der Waals surface area contributed by atoms with Crippen LogP contribution in [0.4, 0.5) is 0 Å². The topological polar surface area (TPSA) is 6.25 Å². The molecule has 0 N–H and O–H groups in total. The van der Waals surface area contributed by atoms with Crippen molar-refractivity contribution in [2.75, 3.05) is 28.2 Å². The van der Waals surface area contributed by atoms with Crippen LogP contribution in [0.25, 0.3) is 5.70 Å². The summed E-state index contributed by atoms with van der Waals surface area (Å²) in [6.07, 6.45) is 11.8. The smallest absolute Gasteiger partial charge is 0.206 e. The van der Waals surface area contributed by atoms with Crippen LogP contribution in [-0.2, 0) is 0 Å². The third-order valence-corrected chi connectivity index (χ3v) is 7.13. The van der Waals surface area contributed by atoms with Crippen LogP contribution in [0, 0.1) is 0 Å². The number of benzene rings is 2. The highest BCUT2D eigenvalue weighted by atomic mass is 79.9. The van der Waals surface area contributed by atoms with Crippen LogP contribution in [0.1, 0.15) is 30.4 Å². The minimum atomic E-state index is 0.872. The Hall–Kier alpha value is -1.88. The fourth-order valence-electron chi connectivity index (χ4n) is 3.82. The van der Waals surface area contributed by atoms with Crippen molar-refractivity contribution in [3.8, 4) is 0 Å². The van der Waals surface area contributed by atoms with Crippen LogP contribution in [0.3, 0.4) is 0 Å². The van der Waals surface area contributed by atoms with E-state index < -0.39 is 0 Å². The van der Waals surface area contributed by atoms with E-state index >= 15 is 0 Å². The number of hydrogen-bond acceptors (Lipinski definition) is 1. The van der Waals surface area contributed by atoms with Gasteiger partial charge in [-0.05, 0) is 78.4 Å². The second-order valence-corrected chi connectivity index (χ2v) is 10.7. The number of nitrogens with zero attached hydrogens (tertiary/aromatic N) is 2. The first-order chi connectivity index (χ1) is 15.8. The van der Waals surface area contributed by atoms with Gasteiger partial charge < -0.3 is 4.90 Å². The zero-order chi connectivity index (χ0) is 24.0. The fourth-order valence-corrected chi connectivity index (χ4v) is 4.66. The third-order valence-electron chi connectivity index (χ3n) is 5.58. The van der Waals surface area contributed by atoms with Crippen LogP contribution in [0.15, 0.2) is 98.0 Å². The molecule has 2 aromatic carbocycles. The van der Waals surface area contributed by atoms with Crippen LogP contribution < -0.4 is 0 Å². The predicted molar refractivity (Wildman–Crippen MR) is 150 cm³/mol. The number of hydrogen-bond donors (Lipinski definition) is 0. The van der Waals surface area contributed by atoms with E-state index in [1.165, 1.54) is 22.3 Å². The van der Waals surface area contributed by atoms with Crippen molar-refractivity contribution in [3.05, 3.63) is 109 Å². The van der Waals surface area contributed by atoms with Gasteiger partial charge in [-0.3, -0.25) is 0 Å². The van der Waals surface area contributed by atoms with Crippen LogP contribution in [0.2, 0.25) is 0 Å². The summed E-state index contributed by atoms with van der Waals surface area (Å²) in [6.45, 7) is 0. The summed E-state index contributed by atoms with van der Waals surface area (Å²) in [5.41, 5.74) is 7.04. The molecule has 0 saturated heterocycles. The Labute approximate surface area is 219 Å². The molecule has 0 saturated carbocycles. The molecule has 0 bridgehead atoms. The van der Waals surface area contributed by atoms with Gasteiger partial charge in [0, 0.05) is 45.4 Å². The summed E-state index contributed by atoms with van der Waals surface area (Å²) in [5, 5.41) is 0.872. The number of halogens is 3. The van der Waals surface area contributed by atoms with Gasteiger partial charge in [-0.1, -0.05) is 67.7 Å². The molecule has 0 aromatic heterocycles. The van der Waals surface area contributed by atoms with Gasteiger partial charge in [0.25, 0.3) is 0 Å². The SMILES string of the molecule is CN(C)/C(=C/C=C1\CCCC(/C=C/C(c2ccc(Br)cc2)=[N+](C)C)=C1Cl)c1ccc(Br)cc1. The van der Waals surface area contributed by atoms with Crippen molar-refractivity contribution >= 4 is 54.9 Å². The highest BCUT2D eigenvalue weighted by molar-refractivity contribution is 9.10. The molecule has 0 aliphatic heterocycles. The zero-order valence-corrected chi connectivity index (χ0v) is 23.5.